The molecular formula is C27H27Cl2N5O. The van der Waals surface area contributed by atoms with Crippen molar-refractivity contribution >= 4 is 40.0 Å². The number of amides is 1. The molecule has 1 aliphatic rings. The number of rotatable bonds is 5. The van der Waals surface area contributed by atoms with Crippen LogP contribution in [0.4, 0.5) is 0 Å². The van der Waals surface area contributed by atoms with Crippen LogP contribution in [0.25, 0.3) is 22.2 Å². The van der Waals surface area contributed by atoms with Gasteiger partial charge in [0.15, 0.2) is 0 Å². The maximum atomic E-state index is 13.7. The number of aromatic nitrogens is 3. The van der Waals surface area contributed by atoms with Crippen LogP contribution < -0.4 is 0 Å². The van der Waals surface area contributed by atoms with Gasteiger partial charge < -0.3 is 4.90 Å². The minimum Gasteiger partial charge on any atom is -0.336 e. The zero-order valence-electron chi connectivity index (χ0n) is 19.8. The minimum absolute atomic E-state index is 0.0413. The Morgan fingerprint density at radius 3 is 2.49 bits per heavy atom. The quantitative estimate of drug-likeness (QED) is 0.348. The number of nitrogens with zero attached hydrogens (tertiary/aromatic N) is 5. The maximum absolute atomic E-state index is 13.7. The number of benzene rings is 2. The van der Waals surface area contributed by atoms with Crippen molar-refractivity contribution in [2.45, 2.75) is 26.9 Å². The van der Waals surface area contributed by atoms with Crippen LogP contribution in [0.1, 0.15) is 28.5 Å². The van der Waals surface area contributed by atoms with Crippen LogP contribution >= 0.6 is 23.2 Å². The van der Waals surface area contributed by atoms with E-state index in [0.29, 0.717) is 28.7 Å². The molecule has 1 amide bonds. The summed E-state index contributed by atoms with van der Waals surface area (Å²) in [5, 5.41) is 6.47. The van der Waals surface area contributed by atoms with E-state index in [0.717, 1.165) is 59.6 Å². The van der Waals surface area contributed by atoms with Crippen LogP contribution in [0.5, 0.6) is 0 Å². The van der Waals surface area contributed by atoms with Gasteiger partial charge in [-0.1, -0.05) is 47.5 Å². The SMILES string of the molecule is CCn1ncc(-c2cc(C(=O)N3CCN(Cc4ccc(Cl)c(Cl)c4)CC3)c3ccccc3n2)c1C. The van der Waals surface area contributed by atoms with Gasteiger partial charge in [0.1, 0.15) is 0 Å². The Morgan fingerprint density at radius 2 is 1.77 bits per heavy atom. The number of pyridine rings is 1. The van der Waals surface area contributed by atoms with Crippen molar-refractivity contribution in [1.82, 2.24) is 24.6 Å². The summed E-state index contributed by atoms with van der Waals surface area (Å²) in [7, 11) is 0. The van der Waals surface area contributed by atoms with Crippen LogP contribution in [0, 0.1) is 6.92 Å². The van der Waals surface area contributed by atoms with E-state index >= 15 is 0 Å². The van der Waals surface area contributed by atoms with Gasteiger partial charge in [-0.05, 0) is 43.7 Å². The summed E-state index contributed by atoms with van der Waals surface area (Å²) in [5.41, 5.74) is 5.40. The molecule has 0 radical (unpaired) electrons. The summed E-state index contributed by atoms with van der Waals surface area (Å²) < 4.78 is 1.95. The van der Waals surface area contributed by atoms with E-state index in [4.69, 9.17) is 28.2 Å². The van der Waals surface area contributed by atoms with E-state index in [-0.39, 0.29) is 5.91 Å². The highest BCUT2D eigenvalue weighted by atomic mass is 35.5. The Bertz CT molecular complexity index is 1390. The lowest BCUT2D eigenvalue weighted by Crippen LogP contribution is -2.48. The lowest BCUT2D eigenvalue weighted by Gasteiger charge is -2.35. The largest absolute Gasteiger partial charge is 0.336 e. The van der Waals surface area contributed by atoms with Gasteiger partial charge in [0.25, 0.3) is 5.91 Å². The molecule has 0 aliphatic carbocycles. The summed E-state index contributed by atoms with van der Waals surface area (Å²) in [6.45, 7) is 8.59. The molecule has 35 heavy (non-hydrogen) atoms. The third-order valence-corrected chi connectivity index (χ3v) is 7.41. The highest BCUT2D eigenvalue weighted by Crippen LogP contribution is 2.28. The van der Waals surface area contributed by atoms with Crippen molar-refractivity contribution < 1.29 is 4.79 Å². The van der Waals surface area contributed by atoms with E-state index < -0.39 is 0 Å². The molecule has 0 atom stereocenters. The Kier molecular flexibility index (Phi) is 6.78. The number of fused-ring (bicyclic) bond motifs is 1. The van der Waals surface area contributed by atoms with Crippen LogP contribution in [0.15, 0.2) is 54.7 Å². The molecule has 6 nitrogen and oxygen atoms in total. The number of para-hydroxylation sites is 1. The van der Waals surface area contributed by atoms with E-state index in [1.54, 1.807) is 0 Å². The second-order valence-electron chi connectivity index (χ2n) is 8.85. The second kappa shape index (κ2) is 9.97. The second-order valence-corrected chi connectivity index (χ2v) is 9.66. The van der Waals surface area contributed by atoms with Gasteiger partial charge in [-0.2, -0.15) is 5.10 Å². The normalized spacial score (nSPS) is 14.6. The van der Waals surface area contributed by atoms with Gasteiger partial charge in [-0.15, -0.1) is 0 Å². The molecule has 0 bridgehead atoms. The first-order valence-electron chi connectivity index (χ1n) is 11.8. The Labute approximate surface area is 215 Å². The Hall–Kier alpha value is -2.93. The summed E-state index contributed by atoms with van der Waals surface area (Å²) in [5.74, 6) is 0.0413. The molecule has 2 aromatic heterocycles. The van der Waals surface area contributed by atoms with E-state index in [2.05, 4.69) is 16.9 Å². The van der Waals surface area contributed by atoms with Crippen molar-refractivity contribution in [2.75, 3.05) is 26.2 Å². The smallest absolute Gasteiger partial charge is 0.254 e. The van der Waals surface area contributed by atoms with Crippen LogP contribution in [-0.4, -0.2) is 56.7 Å². The van der Waals surface area contributed by atoms with Gasteiger partial charge >= 0.3 is 0 Å². The van der Waals surface area contributed by atoms with Crippen molar-refractivity contribution in [3.63, 3.8) is 0 Å². The fourth-order valence-electron chi connectivity index (χ4n) is 4.68. The standard InChI is InChI=1S/C27H27Cl2N5O/c1-3-34-18(2)22(16-30-34)26-15-21(20-6-4-5-7-25(20)31-26)27(35)33-12-10-32(11-13-33)17-19-8-9-23(28)24(29)14-19/h4-9,14-16H,3,10-13,17H2,1-2H3. The molecule has 0 N–H and O–H groups in total. The van der Waals surface area contributed by atoms with E-state index in [1.807, 2.05) is 71.2 Å². The first-order valence-corrected chi connectivity index (χ1v) is 12.6. The Balaban J connectivity index is 1.38. The molecule has 0 unspecified atom stereocenters. The minimum atomic E-state index is 0.0413. The fourth-order valence-corrected chi connectivity index (χ4v) is 5.00. The third-order valence-electron chi connectivity index (χ3n) is 6.67. The van der Waals surface area contributed by atoms with Gasteiger partial charge in [0, 0.05) is 55.9 Å². The number of hydrogen-bond acceptors (Lipinski definition) is 4. The van der Waals surface area contributed by atoms with E-state index in [9.17, 15) is 4.79 Å². The zero-order valence-corrected chi connectivity index (χ0v) is 21.4. The van der Waals surface area contributed by atoms with Crippen LogP contribution in [0.3, 0.4) is 0 Å². The summed E-state index contributed by atoms with van der Waals surface area (Å²) >= 11 is 12.2. The van der Waals surface area contributed by atoms with Crippen molar-refractivity contribution in [2.24, 2.45) is 0 Å². The van der Waals surface area contributed by atoms with E-state index in [1.165, 1.54) is 0 Å². The average Bonchev–Trinajstić information content (AvgIpc) is 3.26. The Morgan fingerprint density at radius 1 is 1.00 bits per heavy atom. The topological polar surface area (TPSA) is 54.3 Å². The highest BCUT2D eigenvalue weighted by Gasteiger charge is 2.25. The number of aryl methyl sites for hydroxylation is 1. The lowest BCUT2D eigenvalue weighted by atomic mass is 10.0. The molecule has 1 aliphatic heterocycles. The lowest BCUT2D eigenvalue weighted by molar-refractivity contribution is 0.0630. The predicted molar refractivity (Wildman–Crippen MR) is 141 cm³/mol. The number of carbonyl (C=O) groups is 1. The summed E-state index contributed by atoms with van der Waals surface area (Å²) in [4.78, 5) is 22.9. The molecule has 1 saturated heterocycles. The molecule has 8 heteroatoms. The molecule has 0 spiro atoms. The predicted octanol–water partition coefficient (Wildman–Crippen LogP) is 5.69. The molecular weight excluding hydrogens is 481 g/mol. The number of hydrogen-bond donors (Lipinski definition) is 0. The molecule has 3 heterocycles. The third kappa shape index (κ3) is 4.79. The maximum Gasteiger partial charge on any atom is 0.254 e. The fraction of sp³-hybridized carbons (Fsp3) is 0.296. The molecule has 1 fully saturated rings. The summed E-state index contributed by atoms with van der Waals surface area (Å²) in [6, 6.07) is 15.5. The molecule has 0 saturated carbocycles. The summed E-state index contributed by atoms with van der Waals surface area (Å²) in [6.07, 6.45) is 1.84. The van der Waals surface area contributed by atoms with Crippen molar-refractivity contribution in [1.29, 1.82) is 0 Å². The first-order chi connectivity index (χ1) is 16.9. The van der Waals surface area contributed by atoms with Crippen LogP contribution in [-0.2, 0) is 13.1 Å². The molecule has 5 rings (SSSR count). The molecule has 180 valence electrons. The monoisotopic (exact) mass is 507 g/mol. The molecule has 2 aromatic carbocycles. The van der Waals surface area contributed by atoms with Gasteiger partial charge in [0.05, 0.1) is 33.0 Å². The van der Waals surface area contributed by atoms with Gasteiger partial charge in [-0.3, -0.25) is 14.4 Å². The number of carbonyl (C=O) groups excluding carboxylic acids is 1. The number of halogens is 2. The highest BCUT2D eigenvalue weighted by molar-refractivity contribution is 6.42. The van der Waals surface area contributed by atoms with Crippen molar-refractivity contribution in [3.05, 3.63) is 81.6 Å². The average molecular weight is 508 g/mol. The first kappa shape index (κ1) is 23.8. The van der Waals surface area contributed by atoms with Crippen LogP contribution in [0.2, 0.25) is 10.0 Å². The van der Waals surface area contributed by atoms with Gasteiger partial charge in [0.2, 0.25) is 0 Å². The number of piperazine rings is 1. The zero-order chi connectivity index (χ0) is 24.5. The van der Waals surface area contributed by atoms with Gasteiger partial charge in [-0.25, -0.2) is 4.98 Å². The van der Waals surface area contributed by atoms with Crippen molar-refractivity contribution in [3.8, 4) is 11.3 Å². The molecule has 4 aromatic rings.